The van der Waals surface area contributed by atoms with Gasteiger partial charge in [-0.1, -0.05) is 47.7 Å². The molecule has 2 aromatic heterocycles. The first-order valence-corrected chi connectivity index (χ1v) is 10.5. The zero-order chi connectivity index (χ0) is 20.9. The number of carbonyl (C=O) groups is 1. The van der Waals surface area contributed by atoms with E-state index >= 15 is 0 Å². The van der Waals surface area contributed by atoms with Gasteiger partial charge in [0, 0.05) is 29.3 Å². The summed E-state index contributed by atoms with van der Waals surface area (Å²) >= 11 is 1.37. The lowest BCUT2D eigenvalue weighted by molar-refractivity contribution is -0.115. The molecule has 0 saturated carbocycles. The Balaban J connectivity index is 1.65. The zero-order valence-corrected chi connectivity index (χ0v) is 17.5. The Bertz CT molecular complexity index is 1130. The molecule has 4 aromatic rings. The van der Waals surface area contributed by atoms with Crippen molar-refractivity contribution in [3.05, 3.63) is 84.7 Å². The highest BCUT2D eigenvalue weighted by Gasteiger charge is 2.22. The molecule has 1 N–H and O–H groups in total. The summed E-state index contributed by atoms with van der Waals surface area (Å²) in [4.78, 5) is 16.9. The molecule has 0 unspecified atom stereocenters. The van der Waals surface area contributed by atoms with E-state index in [1.807, 2.05) is 85.1 Å². The number of aromatic nitrogens is 4. The molecule has 0 radical (unpaired) electrons. The maximum absolute atomic E-state index is 12.7. The second-order valence-electron chi connectivity index (χ2n) is 6.83. The third kappa shape index (κ3) is 4.41. The predicted molar refractivity (Wildman–Crippen MR) is 120 cm³/mol. The largest absolute Gasteiger partial charge is 0.325 e. The van der Waals surface area contributed by atoms with Gasteiger partial charge in [0.1, 0.15) is 0 Å². The lowest BCUT2D eigenvalue weighted by atomic mass is 10.2. The smallest absolute Gasteiger partial charge is 0.237 e. The number of pyridine rings is 1. The van der Waals surface area contributed by atoms with Crippen LogP contribution in [0.25, 0.3) is 17.1 Å². The number of hydrogen-bond acceptors (Lipinski definition) is 5. The molecule has 0 fully saturated rings. The van der Waals surface area contributed by atoms with Crippen LogP contribution in [0.3, 0.4) is 0 Å². The molecule has 0 bridgehead atoms. The Morgan fingerprint density at radius 1 is 1.00 bits per heavy atom. The molecular weight excluding hydrogens is 394 g/mol. The average Bonchev–Trinajstić information content (AvgIpc) is 3.19. The summed E-state index contributed by atoms with van der Waals surface area (Å²) in [6.07, 6.45) is 3.48. The number of aryl methyl sites for hydroxylation is 1. The highest BCUT2D eigenvalue weighted by atomic mass is 32.2. The van der Waals surface area contributed by atoms with Crippen LogP contribution in [0.2, 0.25) is 0 Å². The van der Waals surface area contributed by atoms with E-state index in [-0.39, 0.29) is 11.2 Å². The Morgan fingerprint density at radius 3 is 2.47 bits per heavy atom. The summed E-state index contributed by atoms with van der Waals surface area (Å²) in [6.45, 7) is 3.91. The monoisotopic (exact) mass is 415 g/mol. The SMILES string of the molecule is Cc1ccc(-n2c(S[C@H](C)C(=O)Nc3ccccc3)nnc2-c2cccnc2)cc1. The van der Waals surface area contributed by atoms with Crippen molar-refractivity contribution in [2.24, 2.45) is 0 Å². The number of nitrogens with zero attached hydrogens (tertiary/aromatic N) is 4. The van der Waals surface area contributed by atoms with E-state index in [2.05, 4.69) is 20.5 Å². The summed E-state index contributed by atoms with van der Waals surface area (Å²) in [5, 5.41) is 12.0. The lowest BCUT2D eigenvalue weighted by Crippen LogP contribution is -2.22. The van der Waals surface area contributed by atoms with Crippen molar-refractivity contribution in [3.63, 3.8) is 0 Å². The molecule has 4 rings (SSSR count). The number of amides is 1. The molecule has 150 valence electrons. The van der Waals surface area contributed by atoms with Gasteiger partial charge < -0.3 is 5.32 Å². The van der Waals surface area contributed by atoms with Crippen LogP contribution in [0.4, 0.5) is 5.69 Å². The van der Waals surface area contributed by atoms with Crippen LogP contribution in [-0.4, -0.2) is 30.9 Å². The molecule has 30 heavy (non-hydrogen) atoms. The van der Waals surface area contributed by atoms with Gasteiger partial charge in [0.25, 0.3) is 0 Å². The maximum Gasteiger partial charge on any atom is 0.237 e. The van der Waals surface area contributed by atoms with Crippen LogP contribution in [0.5, 0.6) is 0 Å². The average molecular weight is 416 g/mol. The van der Waals surface area contributed by atoms with Crippen LogP contribution in [0.15, 0.2) is 84.3 Å². The van der Waals surface area contributed by atoms with E-state index in [1.54, 1.807) is 12.4 Å². The minimum Gasteiger partial charge on any atom is -0.325 e. The standard InChI is InChI=1S/C23H21N5OS/c1-16-10-12-20(13-11-16)28-21(18-7-6-14-24-15-18)26-27-23(28)30-17(2)22(29)25-19-8-4-3-5-9-19/h3-15,17H,1-2H3,(H,25,29)/t17-/m1/s1. The Morgan fingerprint density at radius 2 is 1.77 bits per heavy atom. The second-order valence-corrected chi connectivity index (χ2v) is 8.14. The van der Waals surface area contributed by atoms with Crippen LogP contribution in [0, 0.1) is 6.92 Å². The molecule has 1 atom stereocenters. The molecule has 0 aliphatic heterocycles. The normalized spacial score (nSPS) is 11.8. The molecule has 1 amide bonds. The summed E-state index contributed by atoms with van der Waals surface area (Å²) in [7, 11) is 0. The van der Waals surface area contributed by atoms with Gasteiger partial charge in [-0.25, -0.2) is 0 Å². The number of thioether (sulfide) groups is 1. The van der Waals surface area contributed by atoms with Gasteiger partial charge in [-0.2, -0.15) is 0 Å². The van der Waals surface area contributed by atoms with Gasteiger partial charge in [0.05, 0.1) is 5.25 Å². The Labute approximate surface area is 179 Å². The van der Waals surface area contributed by atoms with Crippen LogP contribution in [0.1, 0.15) is 12.5 Å². The molecule has 6 nitrogen and oxygen atoms in total. The lowest BCUT2D eigenvalue weighted by Gasteiger charge is -2.14. The van der Waals surface area contributed by atoms with E-state index in [9.17, 15) is 4.79 Å². The van der Waals surface area contributed by atoms with Gasteiger partial charge in [-0.05, 0) is 50.2 Å². The first kappa shape index (κ1) is 19.8. The Kier molecular flexibility index (Phi) is 5.90. The number of anilines is 1. The fourth-order valence-corrected chi connectivity index (χ4v) is 3.80. The molecule has 0 saturated heterocycles. The number of para-hydroxylation sites is 1. The van der Waals surface area contributed by atoms with Crippen LogP contribution < -0.4 is 5.32 Å². The van der Waals surface area contributed by atoms with E-state index in [1.165, 1.54) is 17.3 Å². The number of benzene rings is 2. The minimum atomic E-state index is -0.361. The van der Waals surface area contributed by atoms with E-state index in [4.69, 9.17) is 0 Å². The molecule has 7 heteroatoms. The van der Waals surface area contributed by atoms with Crippen molar-refractivity contribution in [1.29, 1.82) is 0 Å². The molecule has 2 heterocycles. The third-order valence-electron chi connectivity index (χ3n) is 4.54. The zero-order valence-electron chi connectivity index (χ0n) is 16.7. The van der Waals surface area contributed by atoms with Crippen LogP contribution in [-0.2, 0) is 4.79 Å². The van der Waals surface area contributed by atoms with Gasteiger partial charge in [0.2, 0.25) is 5.91 Å². The van der Waals surface area contributed by atoms with Crippen molar-refractivity contribution < 1.29 is 4.79 Å². The van der Waals surface area contributed by atoms with Crippen molar-refractivity contribution in [1.82, 2.24) is 19.7 Å². The first-order chi connectivity index (χ1) is 14.6. The van der Waals surface area contributed by atoms with E-state index in [0.717, 1.165) is 16.9 Å². The summed E-state index contributed by atoms with van der Waals surface area (Å²) < 4.78 is 1.97. The number of carbonyl (C=O) groups excluding carboxylic acids is 1. The quantitative estimate of drug-likeness (QED) is 0.460. The summed E-state index contributed by atoms with van der Waals surface area (Å²) in [5.41, 5.74) is 3.73. The number of hydrogen-bond donors (Lipinski definition) is 1. The van der Waals surface area contributed by atoms with Gasteiger partial charge in [-0.15, -0.1) is 10.2 Å². The Hall–Kier alpha value is -3.45. The summed E-state index contributed by atoms with van der Waals surface area (Å²) in [6, 6.07) is 21.4. The number of rotatable bonds is 6. The van der Waals surface area contributed by atoms with Crippen molar-refractivity contribution in [3.8, 4) is 17.1 Å². The highest BCUT2D eigenvalue weighted by Crippen LogP contribution is 2.30. The third-order valence-corrected chi connectivity index (χ3v) is 5.58. The van der Waals surface area contributed by atoms with Crippen molar-refractivity contribution in [2.45, 2.75) is 24.3 Å². The first-order valence-electron chi connectivity index (χ1n) is 9.57. The topological polar surface area (TPSA) is 72.7 Å². The highest BCUT2D eigenvalue weighted by molar-refractivity contribution is 8.00. The molecule has 0 spiro atoms. The van der Waals surface area contributed by atoms with Crippen molar-refractivity contribution in [2.75, 3.05) is 5.32 Å². The number of nitrogens with one attached hydrogen (secondary N) is 1. The van der Waals surface area contributed by atoms with Gasteiger partial charge in [-0.3, -0.25) is 14.3 Å². The van der Waals surface area contributed by atoms with E-state index in [0.29, 0.717) is 11.0 Å². The molecular formula is C23H21N5OS. The summed E-state index contributed by atoms with van der Waals surface area (Å²) in [5.74, 6) is 0.595. The molecule has 0 aliphatic carbocycles. The fourth-order valence-electron chi connectivity index (χ4n) is 2.93. The minimum absolute atomic E-state index is 0.0902. The molecule has 2 aromatic carbocycles. The maximum atomic E-state index is 12.7. The van der Waals surface area contributed by atoms with Crippen LogP contribution >= 0.6 is 11.8 Å². The predicted octanol–water partition coefficient (Wildman–Crippen LogP) is 4.76. The van der Waals surface area contributed by atoms with Crippen molar-refractivity contribution >= 4 is 23.4 Å². The van der Waals surface area contributed by atoms with Gasteiger partial charge >= 0.3 is 0 Å². The van der Waals surface area contributed by atoms with E-state index < -0.39 is 0 Å². The molecule has 0 aliphatic rings. The van der Waals surface area contributed by atoms with Gasteiger partial charge in [0.15, 0.2) is 11.0 Å². The fraction of sp³-hybridized carbons (Fsp3) is 0.130. The second kappa shape index (κ2) is 8.92.